The quantitative estimate of drug-likeness (QED) is 0.784. The molecular weight excluding hydrogens is 274 g/mol. The van der Waals surface area contributed by atoms with Crippen molar-refractivity contribution in [3.63, 3.8) is 0 Å². The Morgan fingerprint density at radius 2 is 2.05 bits per heavy atom. The van der Waals surface area contributed by atoms with Gasteiger partial charge < -0.3 is 20.2 Å². The predicted octanol–water partition coefficient (Wildman–Crippen LogP) is 0.750. The summed E-state index contributed by atoms with van der Waals surface area (Å²) >= 11 is 0. The van der Waals surface area contributed by atoms with Gasteiger partial charge in [-0.25, -0.2) is 4.79 Å². The molecule has 0 aromatic heterocycles. The molecule has 0 saturated carbocycles. The van der Waals surface area contributed by atoms with E-state index >= 15 is 0 Å². The molecule has 21 heavy (non-hydrogen) atoms. The molecule has 0 aromatic rings. The van der Waals surface area contributed by atoms with Gasteiger partial charge in [0.15, 0.2) is 0 Å². The zero-order valence-electron chi connectivity index (χ0n) is 13.0. The van der Waals surface area contributed by atoms with Gasteiger partial charge in [-0.2, -0.15) is 0 Å². The largest absolute Gasteiger partial charge is 0.481 e. The second-order valence-corrected chi connectivity index (χ2v) is 5.64. The summed E-state index contributed by atoms with van der Waals surface area (Å²) in [6.07, 6.45) is 1.28. The topological polar surface area (TPSA) is 90.0 Å². The van der Waals surface area contributed by atoms with Crippen LogP contribution in [0.15, 0.2) is 0 Å². The highest BCUT2D eigenvalue weighted by molar-refractivity contribution is 5.84. The van der Waals surface area contributed by atoms with Gasteiger partial charge in [0.2, 0.25) is 5.91 Å². The fourth-order valence-electron chi connectivity index (χ4n) is 2.41. The van der Waals surface area contributed by atoms with Crippen molar-refractivity contribution in [1.29, 1.82) is 0 Å². The maximum Gasteiger partial charge on any atom is 0.320 e. The SMILES string of the molecule is CCN(CC(=O)NC(C)C)C(=O)N1CCCC(C(=O)O)C1. The number of carboxylic acids is 1. The molecule has 0 aromatic carbocycles. The number of nitrogens with zero attached hydrogens (tertiary/aromatic N) is 2. The normalized spacial score (nSPS) is 18.5. The van der Waals surface area contributed by atoms with Crippen LogP contribution < -0.4 is 5.32 Å². The zero-order chi connectivity index (χ0) is 16.0. The van der Waals surface area contributed by atoms with Crippen LogP contribution in [-0.4, -0.2) is 65.0 Å². The number of aliphatic carboxylic acids is 1. The summed E-state index contributed by atoms with van der Waals surface area (Å²) in [7, 11) is 0. The molecule has 1 aliphatic rings. The van der Waals surface area contributed by atoms with Crippen molar-refractivity contribution >= 4 is 17.9 Å². The molecule has 0 aliphatic carbocycles. The third kappa shape index (κ3) is 5.24. The minimum atomic E-state index is -0.868. The van der Waals surface area contributed by atoms with Crippen LogP contribution in [0.2, 0.25) is 0 Å². The van der Waals surface area contributed by atoms with E-state index in [-0.39, 0.29) is 31.1 Å². The van der Waals surface area contributed by atoms with Crippen LogP contribution in [0.1, 0.15) is 33.6 Å². The van der Waals surface area contributed by atoms with Crippen molar-refractivity contribution in [1.82, 2.24) is 15.1 Å². The van der Waals surface area contributed by atoms with Gasteiger partial charge in [0.25, 0.3) is 0 Å². The fourth-order valence-corrected chi connectivity index (χ4v) is 2.41. The van der Waals surface area contributed by atoms with Crippen LogP contribution in [0.4, 0.5) is 4.79 Å². The summed E-state index contributed by atoms with van der Waals surface area (Å²) in [4.78, 5) is 38.2. The smallest absolute Gasteiger partial charge is 0.320 e. The van der Waals surface area contributed by atoms with E-state index in [1.807, 2.05) is 13.8 Å². The van der Waals surface area contributed by atoms with Crippen LogP contribution in [0, 0.1) is 5.92 Å². The van der Waals surface area contributed by atoms with Gasteiger partial charge in [0.05, 0.1) is 5.92 Å². The van der Waals surface area contributed by atoms with Gasteiger partial charge >= 0.3 is 12.0 Å². The molecular formula is C14H25N3O4. The minimum Gasteiger partial charge on any atom is -0.481 e. The van der Waals surface area contributed by atoms with E-state index in [4.69, 9.17) is 5.11 Å². The van der Waals surface area contributed by atoms with Crippen LogP contribution >= 0.6 is 0 Å². The highest BCUT2D eigenvalue weighted by Crippen LogP contribution is 2.17. The van der Waals surface area contributed by atoms with Crippen molar-refractivity contribution in [2.75, 3.05) is 26.2 Å². The first kappa shape index (κ1) is 17.3. The molecule has 120 valence electrons. The van der Waals surface area contributed by atoms with Crippen molar-refractivity contribution in [2.24, 2.45) is 5.92 Å². The van der Waals surface area contributed by atoms with Crippen molar-refractivity contribution in [2.45, 2.75) is 39.7 Å². The molecule has 7 nitrogen and oxygen atoms in total. The summed E-state index contributed by atoms with van der Waals surface area (Å²) in [6, 6.07) is -0.236. The van der Waals surface area contributed by atoms with Crippen LogP contribution in [0.5, 0.6) is 0 Å². The van der Waals surface area contributed by atoms with Crippen molar-refractivity contribution in [3.8, 4) is 0 Å². The first-order valence-electron chi connectivity index (χ1n) is 7.41. The molecule has 0 radical (unpaired) electrons. The number of hydrogen-bond acceptors (Lipinski definition) is 3. The van der Waals surface area contributed by atoms with Crippen molar-refractivity contribution < 1.29 is 19.5 Å². The van der Waals surface area contributed by atoms with Gasteiger partial charge in [-0.15, -0.1) is 0 Å². The molecule has 0 spiro atoms. The number of likely N-dealkylation sites (N-methyl/N-ethyl adjacent to an activating group) is 1. The average molecular weight is 299 g/mol. The summed E-state index contributed by atoms with van der Waals surface area (Å²) in [5, 5.41) is 11.8. The predicted molar refractivity (Wildman–Crippen MR) is 77.9 cm³/mol. The lowest BCUT2D eigenvalue weighted by Crippen LogP contribution is -2.51. The first-order chi connectivity index (χ1) is 9.85. The van der Waals surface area contributed by atoms with Gasteiger partial charge in [-0.05, 0) is 33.6 Å². The van der Waals surface area contributed by atoms with E-state index < -0.39 is 11.9 Å². The summed E-state index contributed by atoms with van der Waals surface area (Å²) in [5.74, 6) is -1.58. The molecule has 1 rings (SSSR count). The van der Waals surface area contributed by atoms with Crippen molar-refractivity contribution in [3.05, 3.63) is 0 Å². The molecule has 3 amide bonds. The number of rotatable bonds is 5. The zero-order valence-corrected chi connectivity index (χ0v) is 13.0. The standard InChI is InChI=1S/C14H25N3O4/c1-4-16(9-12(18)15-10(2)3)14(21)17-7-5-6-11(8-17)13(19)20/h10-11H,4-9H2,1-3H3,(H,15,18)(H,19,20). The number of carboxylic acid groups (broad SMARTS) is 1. The lowest BCUT2D eigenvalue weighted by molar-refractivity contribution is -0.143. The molecule has 1 unspecified atom stereocenters. The number of nitrogens with one attached hydrogen (secondary N) is 1. The molecule has 1 aliphatic heterocycles. The Morgan fingerprint density at radius 3 is 2.57 bits per heavy atom. The maximum absolute atomic E-state index is 12.4. The third-order valence-electron chi connectivity index (χ3n) is 3.48. The molecule has 1 saturated heterocycles. The number of carbonyl (C=O) groups excluding carboxylic acids is 2. The highest BCUT2D eigenvalue weighted by Gasteiger charge is 2.30. The number of piperidine rings is 1. The summed E-state index contributed by atoms with van der Waals surface area (Å²) in [5.41, 5.74) is 0. The fraction of sp³-hybridized carbons (Fsp3) is 0.786. The van der Waals surface area contributed by atoms with Gasteiger partial charge in [-0.1, -0.05) is 0 Å². The van der Waals surface area contributed by atoms with E-state index in [2.05, 4.69) is 5.32 Å². The second-order valence-electron chi connectivity index (χ2n) is 5.64. The Hall–Kier alpha value is -1.79. The Morgan fingerprint density at radius 1 is 1.38 bits per heavy atom. The monoisotopic (exact) mass is 299 g/mol. The minimum absolute atomic E-state index is 0.00174. The van der Waals surface area contributed by atoms with E-state index in [0.717, 1.165) is 0 Å². The Labute approximate surface area is 125 Å². The summed E-state index contributed by atoms with van der Waals surface area (Å²) < 4.78 is 0. The van der Waals surface area contributed by atoms with E-state index in [9.17, 15) is 14.4 Å². The Bertz CT molecular complexity index is 398. The second kappa shape index (κ2) is 7.85. The van der Waals surface area contributed by atoms with Gasteiger partial charge in [0.1, 0.15) is 6.54 Å². The Kier molecular flexibility index (Phi) is 6.45. The van der Waals surface area contributed by atoms with Gasteiger partial charge in [-0.3, -0.25) is 9.59 Å². The number of hydrogen-bond donors (Lipinski definition) is 2. The Balaban J connectivity index is 2.61. The summed E-state index contributed by atoms with van der Waals surface area (Å²) in [6.45, 7) is 6.71. The van der Waals surface area contributed by atoms with Crippen LogP contribution in [0.25, 0.3) is 0 Å². The molecule has 7 heteroatoms. The van der Waals surface area contributed by atoms with Gasteiger partial charge in [0, 0.05) is 25.7 Å². The number of amides is 3. The van der Waals surface area contributed by atoms with E-state index in [1.165, 1.54) is 9.80 Å². The number of urea groups is 1. The van der Waals surface area contributed by atoms with Crippen LogP contribution in [0.3, 0.4) is 0 Å². The molecule has 1 atom stereocenters. The molecule has 2 N–H and O–H groups in total. The van der Waals surface area contributed by atoms with E-state index in [1.54, 1.807) is 6.92 Å². The highest BCUT2D eigenvalue weighted by atomic mass is 16.4. The number of likely N-dealkylation sites (tertiary alicyclic amines) is 1. The maximum atomic E-state index is 12.4. The van der Waals surface area contributed by atoms with E-state index in [0.29, 0.717) is 25.9 Å². The lowest BCUT2D eigenvalue weighted by atomic mass is 9.99. The molecule has 0 bridgehead atoms. The lowest BCUT2D eigenvalue weighted by Gasteiger charge is -2.34. The average Bonchev–Trinajstić information content (AvgIpc) is 2.43. The molecule has 1 heterocycles. The van der Waals surface area contributed by atoms with Crippen LogP contribution in [-0.2, 0) is 9.59 Å². The number of carbonyl (C=O) groups is 3. The third-order valence-corrected chi connectivity index (χ3v) is 3.48. The molecule has 1 fully saturated rings. The first-order valence-corrected chi connectivity index (χ1v) is 7.41.